The van der Waals surface area contributed by atoms with Crippen LogP contribution in [0, 0.1) is 0 Å². The molecular formula is C16H22Cl3N2O2+. The predicted molar refractivity (Wildman–Crippen MR) is 94.0 cm³/mol. The Morgan fingerprint density at radius 2 is 1.87 bits per heavy atom. The van der Waals surface area contributed by atoms with Gasteiger partial charge in [0.05, 0.1) is 34.7 Å². The van der Waals surface area contributed by atoms with E-state index < -0.39 is 0 Å². The Morgan fingerprint density at radius 1 is 1.22 bits per heavy atom. The highest BCUT2D eigenvalue weighted by molar-refractivity contribution is 6.43. The summed E-state index contributed by atoms with van der Waals surface area (Å²) in [6, 6.07) is 3.26. The van der Waals surface area contributed by atoms with Crippen molar-refractivity contribution in [3.8, 4) is 5.75 Å². The lowest BCUT2D eigenvalue weighted by molar-refractivity contribution is -0.905. The molecule has 1 aromatic rings. The van der Waals surface area contributed by atoms with E-state index in [4.69, 9.17) is 39.5 Å². The van der Waals surface area contributed by atoms with Crippen LogP contribution in [0.5, 0.6) is 5.75 Å². The second-order valence-corrected chi connectivity index (χ2v) is 7.05. The van der Waals surface area contributed by atoms with E-state index in [9.17, 15) is 4.79 Å². The fraction of sp³-hybridized carbons (Fsp3) is 0.562. The summed E-state index contributed by atoms with van der Waals surface area (Å²) in [5, 5.41) is 4.06. The zero-order chi connectivity index (χ0) is 16.8. The van der Waals surface area contributed by atoms with Gasteiger partial charge in [-0.3, -0.25) is 4.79 Å². The number of likely N-dealkylation sites (tertiary alicyclic amines) is 1. The van der Waals surface area contributed by atoms with E-state index >= 15 is 0 Å². The topological polar surface area (TPSA) is 42.8 Å². The number of hydrogen-bond acceptors (Lipinski definition) is 2. The highest BCUT2D eigenvalue weighted by Gasteiger charge is 2.22. The first-order valence-electron chi connectivity index (χ1n) is 7.90. The van der Waals surface area contributed by atoms with Gasteiger partial charge in [-0.25, -0.2) is 0 Å². The van der Waals surface area contributed by atoms with Gasteiger partial charge in [0.2, 0.25) is 0 Å². The second-order valence-electron chi connectivity index (χ2n) is 5.83. The van der Waals surface area contributed by atoms with Crippen LogP contribution in [0.2, 0.25) is 15.1 Å². The molecule has 0 saturated carbocycles. The molecule has 1 fully saturated rings. The molecule has 2 rings (SSSR count). The number of benzene rings is 1. The van der Waals surface area contributed by atoms with Gasteiger partial charge in [0, 0.05) is 24.9 Å². The molecule has 0 unspecified atom stereocenters. The van der Waals surface area contributed by atoms with Crippen LogP contribution in [0.4, 0.5) is 0 Å². The number of piperidine rings is 1. The van der Waals surface area contributed by atoms with E-state index in [1.54, 1.807) is 4.90 Å². The van der Waals surface area contributed by atoms with Crippen LogP contribution in [0.25, 0.3) is 0 Å². The molecule has 0 radical (unpaired) electrons. The fourth-order valence-corrected chi connectivity index (χ4v) is 3.39. The number of hydrogen-bond donors (Lipinski definition) is 2. The average molecular weight is 381 g/mol. The molecule has 0 aliphatic carbocycles. The van der Waals surface area contributed by atoms with Crippen molar-refractivity contribution in [2.75, 3.05) is 26.2 Å². The van der Waals surface area contributed by atoms with Crippen molar-refractivity contribution >= 4 is 40.7 Å². The van der Waals surface area contributed by atoms with Gasteiger partial charge in [0.15, 0.2) is 6.61 Å². The molecule has 7 heteroatoms. The number of nitrogens with one attached hydrogen (secondary N) is 2. The van der Waals surface area contributed by atoms with Crippen molar-refractivity contribution < 1.29 is 14.4 Å². The second kappa shape index (κ2) is 8.97. The van der Waals surface area contributed by atoms with Gasteiger partial charge in [-0.2, -0.15) is 0 Å². The van der Waals surface area contributed by atoms with Crippen molar-refractivity contribution in [2.45, 2.75) is 32.2 Å². The molecule has 1 aliphatic heterocycles. The third-order valence-corrected chi connectivity index (χ3v) is 5.01. The fourth-order valence-electron chi connectivity index (χ4n) is 2.80. The molecule has 0 spiro atoms. The monoisotopic (exact) mass is 379 g/mol. The van der Waals surface area contributed by atoms with E-state index in [0.29, 0.717) is 20.8 Å². The Labute approximate surface area is 152 Å². The molecule has 1 aliphatic rings. The molecule has 23 heavy (non-hydrogen) atoms. The molecule has 0 aromatic heterocycles. The lowest BCUT2D eigenvalue weighted by atomic mass is 10.0. The molecule has 1 amide bonds. The Bertz CT molecular complexity index is 546. The quantitative estimate of drug-likeness (QED) is 0.745. The Kier molecular flexibility index (Phi) is 7.28. The van der Waals surface area contributed by atoms with Crippen LogP contribution >= 0.6 is 34.8 Å². The summed E-state index contributed by atoms with van der Waals surface area (Å²) in [5.74, 6) is 0.217. The summed E-state index contributed by atoms with van der Waals surface area (Å²) in [6.07, 6.45) is 3.22. The standard InChI is InChI=1S/C16H21Cl3N2O2/c1-2-5-21-6-3-11(4-7-21)20-16(22)10-23-15-9-13(18)12(17)8-14(15)19/h8-9,11H,2-7,10H2,1H3,(H,20,22)/p+1. The first-order chi connectivity index (χ1) is 11.0. The summed E-state index contributed by atoms with van der Waals surface area (Å²) in [4.78, 5) is 13.6. The number of amides is 1. The van der Waals surface area contributed by atoms with E-state index in [1.807, 2.05) is 0 Å². The normalized spacial score (nSPS) is 21.0. The molecule has 1 heterocycles. The minimum Gasteiger partial charge on any atom is -0.482 e. The molecule has 1 saturated heterocycles. The van der Waals surface area contributed by atoms with Crippen molar-refractivity contribution in [1.82, 2.24) is 5.32 Å². The number of halogens is 3. The van der Waals surface area contributed by atoms with Crippen molar-refractivity contribution in [2.24, 2.45) is 0 Å². The van der Waals surface area contributed by atoms with Gasteiger partial charge in [-0.05, 0) is 12.5 Å². The smallest absolute Gasteiger partial charge is 0.258 e. The van der Waals surface area contributed by atoms with Crippen LogP contribution in [0.3, 0.4) is 0 Å². The van der Waals surface area contributed by atoms with Crippen molar-refractivity contribution in [1.29, 1.82) is 0 Å². The zero-order valence-corrected chi connectivity index (χ0v) is 15.4. The maximum absolute atomic E-state index is 12.0. The van der Waals surface area contributed by atoms with Gasteiger partial charge in [0.25, 0.3) is 5.91 Å². The number of carbonyl (C=O) groups is 1. The van der Waals surface area contributed by atoms with E-state index in [-0.39, 0.29) is 18.6 Å². The van der Waals surface area contributed by atoms with Crippen LogP contribution in [-0.2, 0) is 4.79 Å². The molecule has 1 aromatic carbocycles. The van der Waals surface area contributed by atoms with Crippen LogP contribution in [0.15, 0.2) is 12.1 Å². The Hall–Kier alpha value is -0.680. The van der Waals surface area contributed by atoms with Gasteiger partial charge in [-0.15, -0.1) is 0 Å². The minimum atomic E-state index is -0.143. The third kappa shape index (κ3) is 5.71. The average Bonchev–Trinajstić information content (AvgIpc) is 2.52. The zero-order valence-electron chi connectivity index (χ0n) is 13.1. The SMILES string of the molecule is CCC[NH+]1CCC(NC(=O)COc2cc(Cl)c(Cl)cc2Cl)CC1. The van der Waals surface area contributed by atoms with E-state index in [2.05, 4.69) is 12.2 Å². The van der Waals surface area contributed by atoms with Gasteiger partial charge < -0.3 is 15.0 Å². The van der Waals surface area contributed by atoms with Gasteiger partial charge in [-0.1, -0.05) is 41.7 Å². The summed E-state index contributed by atoms with van der Waals surface area (Å²) < 4.78 is 5.44. The largest absolute Gasteiger partial charge is 0.482 e. The number of quaternary nitrogens is 1. The summed E-state index contributed by atoms with van der Waals surface area (Å²) in [6.45, 7) is 5.54. The summed E-state index contributed by atoms with van der Waals surface area (Å²) in [7, 11) is 0. The third-order valence-electron chi connectivity index (χ3n) is 3.99. The van der Waals surface area contributed by atoms with E-state index in [0.717, 1.165) is 25.9 Å². The molecule has 0 bridgehead atoms. The van der Waals surface area contributed by atoms with Crippen LogP contribution in [0.1, 0.15) is 26.2 Å². The molecule has 0 atom stereocenters. The number of carbonyl (C=O) groups excluding carboxylic acids is 1. The van der Waals surface area contributed by atoms with Gasteiger partial charge in [0.1, 0.15) is 5.75 Å². The summed E-state index contributed by atoms with van der Waals surface area (Å²) in [5.41, 5.74) is 0. The Morgan fingerprint density at radius 3 is 2.52 bits per heavy atom. The molecular weight excluding hydrogens is 359 g/mol. The Balaban J connectivity index is 1.77. The molecule has 128 valence electrons. The lowest BCUT2D eigenvalue weighted by Crippen LogP contribution is -3.13. The number of ether oxygens (including phenoxy) is 1. The highest BCUT2D eigenvalue weighted by Crippen LogP contribution is 2.33. The minimum absolute atomic E-state index is 0.0836. The van der Waals surface area contributed by atoms with Crippen LogP contribution < -0.4 is 15.0 Å². The highest BCUT2D eigenvalue weighted by atomic mass is 35.5. The van der Waals surface area contributed by atoms with Crippen molar-refractivity contribution in [3.05, 3.63) is 27.2 Å². The van der Waals surface area contributed by atoms with E-state index in [1.165, 1.54) is 25.1 Å². The lowest BCUT2D eigenvalue weighted by Gasteiger charge is -2.29. The predicted octanol–water partition coefficient (Wildman–Crippen LogP) is 2.60. The summed E-state index contributed by atoms with van der Waals surface area (Å²) >= 11 is 17.8. The number of rotatable bonds is 6. The first-order valence-corrected chi connectivity index (χ1v) is 9.03. The maximum Gasteiger partial charge on any atom is 0.258 e. The van der Waals surface area contributed by atoms with Gasteiger partial charge >= 0.3 is 0 Å². The molecule has 4 nitrogen and oxygen atoms in total. The van der Waals surface area contributed by atoms with Crippen LogP contribution in [-0.4, -0.2) is 38.2 Å². The van der Waals surface area contributed by atoms with Crippen molar-refractivity contribution in [3.63, 3.8) is 0 Å². The molecule has 2 N–H and O–H groups in total. The maximum atomic E-state index is 12.0. The first kappa shape index (κ1) is 18.7.